The fourth-order valence-electron chi connectivity index (χ4n) is 2.19. The molecule has 5 nitrogen and oxygen atoms in total. The van der Waals surface area contributed by atoms with E-state index in [0.717, 1.165) is 0 Å². The van der Waals surface area contributed by atoms with Crippen LogP contribution in [0.15, 0.2) is 52.1 Å². The van der Waals surface area contributed by atoms with E-state index < -0.39 is 5.25 Å². The molecule has 0 aliphatic heterocycles. The normalized spacial score (nSPS) is 12.1. The Hall–Kier alpha value is -2.31. The van der Waals surface area contributed by atoms with Crippen LogP contribution in [0.5, 0.6) is 0 Å². The summed E-state index contributed by atoms with van der Waals surface area (Å²) < 4.78 is 5.61. The van der Waals surface area contributed by atoms with Crippen molar-refractivity contribution in [1.29, 1.82) is 0 Å². The summed E-state index contributed by atoms with van der Waals surface area (Å²) in [6.07, 6.45) is 0. The minimum Gasteiger partial charge on any atom is -0.431 e. The van der Waals surface area contributed by atoms with Crippen LogP contribution in [0.3, 0.4) is 0 Å². The molecule has 0 aliphatic carbocycles. The first-order chi connectivity index (χ1) is 11.9. The number of amides is 1. The van der Waals surface area contributed by atoms with Crippen molar-refractivity contribution in [3.63, 3.8) is 0 Å². The molecule has 1 aromatic heterocycles. The maximum absolute atomic E-state index is 12.4. The number of thioether (sulfide) groups is 1. The number of Topliss-reactive ketones (excluding diaryl/α,β-unsaturated/α-hetero) is 1. The number of halogens is 1. The summed E-state index contributed by atoms with van der Waals surface area (Å²) in [7, 11) is 0. The van der Waals surface area contributed by atoms with Gasteiger partial charge in [0.1, 0.15) is 5.52 Å². The molecule has 3 rings (SSSR count). The summed E-state index contributed by atoms with van der Waals surface area (Å²) in [4.78, 5) is 28.1. The van der Waals surface area contributed by atoms with Crippen LogP contribution in [0.25, 0.3) is 11.1 Å². The third kappa shape index (κ3) is 4.21. The molecule has 2 aromatic carbocycles. The van der Waals surface area contributed by atoms with Gasteiger partial charge >= 0.3 is 0 Å². The SMILES string of the molecule is CC(=O)c1cccc(NC(=O)C(C)Sc2nc3cc(Cl)ccc3o2)c1. The molecular weight excluding hydrogens is 360 g/mol. The number of benzene rings is 2. The molecule has 1 N–H and O–H groups in total. The number of fused-ring (bicyclic) bond motifs is 1. The van der Waals surface area contributed by atoms with Crippen LogP contribution in [-0.2, 0) is 4.79 Å². The monoisotopic (exact) mass is 374 g/mol. The van der Waals surface area contributed by atoms with Crippen molar-refractivity contribution in [3.05, 3.63) is 53.1 Å². The van der Waals surface area contributed by atoms with Crippen molar-refractivity contribution in [1.82, 2.24) is 4.98 Å². The van der Waals surface area contributed by atoms with Gasteiger partial charge in [0.05, 0.1) is 5.25 Å². The smallest absolute Gasteiger partial charge is 0.257 e. The third-order valence-corrected chi connectivity index (χ3v) is 4.69. The molecule has 0 aliphatic rings. The molecule has 0 radical (unpaired) electrons. The predicted molar refractivity (Wildman–Crippen MR) is 99.4 cm³/mol. The molecule has 3 aromatic rings. The summed E-state index contributed by atoms with van der Waals surface area (Å²) in [5.41, 5.74) is 2.40. The highest BCUT2D eigenvalue weighted by Gasteiger charge is 2.18. The molecule has 0 saturated carbocycles. The van der Waals surface area contributed by atoms with Crippen LogP contribution in [0.1, 0.15) is 24.2 Å². The molecular formula is C18H15ClN2O3S. The fourth-order valence-corrected chi connectivity index (χ4v) is 3.12. The molecule has 7 heteroatoms. The van der Waals surface area contributed by atoms with Crippen LogP contribution in [0.4, 0.5) is 5.69 Å². The molecule has 1 unspecified atom stereocenters. The van der Waals surface area contributed by atoms with E-state index in [9.17, 15) is 9.59 Å². The molecule has 128 valence electrons. The van der Waals surface area contributed by atoms with Gasteiger partial charge in [0.15, 0.2) is 11.4 Å². The van der Waals surface area contributed by atoms with Crippen LogP contribution in [0.2, 0.25) is 5.02 Å². The van der Waals surface area contributed by atoms with Gasteiger partial charge in [-0.1, -0.05) is 35.5 Å². The first kappa shape index (κ1) is 17.5. The van der Waals surface area contributed by atoms with Crippen LogP contribution >= 0.6 is 23.4 Å². The second-order valence-corrected chi connectivity index (χ2v) is 7.21. The van der Waals surface area contributed by atoms with Gasteiger partial charge in [-0.3, -0.25) is 9.59 Å². The Labute approximate surface area is 153 Å². The number of carbonyl (C=O) groups excluding carboxylic acids is 2. The number of carbonyl (C=O) groups is 2. The number of anilines is 1. The minimum absolute atomic E-state index is 0.0522. The molecule has 0 saturated heterocycles. The van der Waals surface area contributed by atoms with Crippen molar-refractivity contribution in [2.75, 3.05) is 5.32 Å². The average Bonchev–Trinajstić information content (AvgIpc) is 2.96. The van der Waals surface area contributed by atoms with E-state index in [0.29, 0.717) is 32.6 Å². The highest BCUT2D eigenvalue weighted by Crippen LogP contribution is 2.28. The number of oxazole rings is 1. The van der Waals surface area contributed by atoms with E-state index in [-0.39, 0.29) is 11.7 Å². The number of nitrogens with one attached hydrogen (secondary N) is 1. The second kappa shape index (κ2) is 7.29. The summed E-state index contributed by atoms with van der Waals surface area (Å²) in [5, 5.41) is 3.35. The van der Waals surface area contributed by atoms with E-state index in [4.69, 9.17) is 16.0 Å². The van der Waals surface area contributed by atoms with Gasteiger partial charge in [0.25, 0.3) is 5.22 Å². The quantitative estimate of drug-likeness (QED) is 0.512. The third-order valence-electron chi connectivity index (χ3n) is 3.51. The van der Waals surface area contributed by atoms with Crippen LogP contribution < -0.4 is 5.32 Å². The van der Waals surface area contributed by atoms with E-state index >= 15 is 0 Å². The summed E-state index contributed by atoms with van der Waals surface area (Å²) >= 11 is 7.15. The first-order valence-corrected chi connectivity index (χ1v) is 8.83. The number of ketones is 1. The maximum Gasteiger partial charge on any atom is 0.257 e. The van der Waals surface area contributed by atoms with Gasteiger partial charge in [0.2, 0.25) is 5.91 Å². The molecule has 25 heavy (non-hydrogen) atoms. The number of aromatic nitrogens is 1. The summed E-state index contributed by atoms with van der Waals surface area (Å²) in [6, 6.07) is 12.0. The van der Waals surface area contributed by atoms with Gasteiger partial charge in [-0.15, -0.1) is 0 Å². The number of hydrogen-bond donors (Lipinski definition) is 1. The average molecular weight is 375 g/mol. The topological polar surface area (TPSA) is 72.2 Å². The van der Waals surface area contributed by atoms with E-state index in [1.165, 1.54) is 18.7 Å². The van der Waals surface area contributed by atoms with Crippen molar-refractivity contribution in [3.8, 4) is 0 Å². The van der Waals surface area contributed by atoms with Crippen molar-refractivity contribution in [2.45, 2.75) is 24.3 Å². The van der Waals surface area contributed by atoms with E-state index in [1.54, 1.807) is 49.4 Å². The predicted octanol–water partition coefficient (Wildman–Crippen LogP) is 4.80. The number of rotatable bonds is 5. The zero-order valence-electron chi connectivity index (χ0n) is 13.6. The van der Waals surface area contributed by atoms with Crippen molar-refractivity contribution < 1.29 is 14.0 Å². The fraction of sp³-hybridized carbons (Fsp3) is 0.167. The van der Waals surface area contributed by atoms with E-state index in [2.05, 4.69) is 10.3 Å². The van der Waals surface area contributed by atoms with Crippen molar-refractivity contribution >= 4 is 51.8 Å². The second-order valence-electron chi connectivity index (χ2n) is 5.48. The minimum atomic E-state index is -0.426. The Kier molecular flexibility index (Phi) is 5.11. The van der Waals surface area contributed by atoms with Crippen molar-refractivity contribution in [2.24, 2.45) is 0 Å². The summed E-state index contributed by atoms with van der Waals surface area (Å²) in [6.45, 7) is 3.25. The largest absolute Gasteiger partial charge is 0.431 e. The molecule has 1 amide bonds. The lowest BCUT2D eigenvalue weighted by atomic mass is 10.1. The maximum atomic E-state index is 12.4. The Morgan fingerprint density at radius 3 is 2.80 bits per heavy atom. The van der Waals surface area contributed by atoms with Crippen LogP contribution in [0, 0.1) is 0 Å². The van der Waals surface area contributed by atoms with Gasteiger partial charge in [-0.05, 0) is 44.2 Å². The lowest BCUT2D eigenvalue weighted by Gasteiger charge is -2.10. The standard InChI is InChI=1S/C18H15ClN2O3S/c1-10(22)12-4-3-5-14(8-12)20-17(23)11(2)25-18-21-15-9-13(19)6-7-16(15)24-18/h3-9,11H,1-2H3,(H,20,23). The van der Waals surface area contributed by atoms with Crippen LogP contribution in [-0.4, -0.2) is 21.9 Å². The first-order valence-electron chi connectivity index (χ1n) is 7.57. The molecule has 0 fully saturated rings. The highest BCUT2D eigenvalue weighted by molar-refractivity contribution is 8.00. The lowest BCUT2D eigenvalue weighted by molar-refractivity contribution is -0.115. The summed E-state index contributed by atoms with van der Waals surface area (Å²) in [5.74, 6) is -0.255. The Morgan fingerprint density at radius 2 is 2.04 bits per heavy atom. The lowest BCUT2D eigenvalue weighted by Crippen LogP contribution is -2.22. The highest BCUT2D eigenvalue weighted by atomic mass is 35.5. The van der Waals surface area contributed by atoms with Gasteiger partial charge in [-0.2, -0.15) is 0 Å². The molecule has 0 spiro atoms. The number of nitrogens with zero attached hydrogens (tertiary/aromatic N) is 1. The Balaban J connectivity index is 1.69. The molecule has 0 bridgehead atoms. The zero-order chi connectivity index (χ0) is 18.0. The number of hydrogen-bond acceptors (Lipinski definition) is 5. The molecule has 1 atom stereocenters. The van der Waals surface area contributed by atoms with E-state index in [1.807, 2.05) is 0 Å². The van der Waals surface area contributed by atoms with Gasteiger partial charge in [0, 0.05) is 16.3 Å². The Bertz CT molecular complexity index is 954. The zero-order valence-corrected chi connectivity index (χ0v) is 15.1. The van der Waals surface area contributed by atoms with Gasteiger partial charge in [-0.25, -0.2) is 4.98 Å². The Morgan fingerprint density at radius 1 is 1.24 bits per heavy atom. The van der Waals surface area contributed by atoms with Gasteiger partial charge < -0.3 is 9.73 Å². The molecule has 1 heterocycles.